The number of amides is 1. The first-order chi connectivity index (χ1) is 11.1. The number of nitrogens with zero attached hydrogens (tertiary/aromatic N) is 2. The molecule has 23 heavy (non-hydrogen) atoms. The molecule has 3 atom stereocenters. The molecule has 2 fully saturated rings. The van der Waals surface area contributed by atoms with E-state index in [1.807, 2.05) is 26.2 Å². The Morgan fingerprint density at radius 1 is 1.35 bits per heavy atom. The highest BCUT2D eigenvalue weighted by Crippen LogP contribution is 2.33. The zero-order chi connectivity index (χ0) is 16.4. The van der Waals surface area contributed by atoms with Crippen molar-refractivity contribution in [1.82, 2.24) is 9.80 Å². The SMILES string of the molecule is COc1ccc(CN2C[C@@H](C(=O)N(C)C)C[C@H]3OCC[C@H]32)cc1. The maximum Gasteiger partial charge on any atom is 0.226 e. The molecule has 0 aromatic heterocycles. The highest BCUT2D eigenvalue weighted by Gasteiger charge is 2.42. The Morgan fingerprint density at radius 2 is 2.09 bits per heavy atom. The minimum atomic E-state index is 0.0302. The number of piperidine rings is 1. The van der Waals surface area contributed by atoms with Gasteiger partial charge in [0.25, 0.3) is 0 Å². The second kappa shape index (κ2) is 6.89. The Balaban J connectivity index is 1.73. The average Bonchev–Trinajstić information content (AvgIpc) is 3.03. The molecule has 126 valence electrons. The van der Waals surface area contributed by atoms with Crippen LogP contribution in [0.15, 0.2) is 24.3 Å². The minimum absolute atomic E-state index is 0.0302. The summed E-state index contributed by atoms with van der Waals surface area (Å²) in [5.74, 6) is 1.11. The number of ether oxygens (including phenoxy) is 2. The number of hydrogen-bond acceptors (Lipinski definition) is 4. The molecule has 0 aliphatic carbocycles. The van der Waals surface area contributed by atoms with Crippen LogP contribution in [0, 0.1) is 5.92 Å². The lowest BCUT2D eigenvalue weighted by molar-refractivity contribution is -0.137. The number of benzene rings is 1. The normalized spacial score (nSPS) is 27.5. The lowest BCUT2D eigenvalue weighted by Gasteiger charge is -2.41. The van der Waals surface area contributed by atoms with Crippen molar-refractivity contribution in [1.29, 1.82) is 0 Å². The number of methoxy groups -OCH3 is 1. The van der Waals surface area contributed by atoms with Crippen LogP contribution < -0.4 is 4.74 Å². The van der Waals surface area contributed by atoms with Crippen LogP contribution in [0.5, 0.6) is 5.75 Å². The molecule has 1 aromatic carbocycles. The molecule has 2 heterocycles. The van der Waals surface area contributed by atoms with Crippen LogP contribution in [0.1, 0.15) is 18.4 Å². The van der Waals surface area contributed by atoms with Crippen molar-refractivity contribution in [2.75, 3.05) is 34.4 Å². The molecule has 0 unspecified atom stereocenters. The number of fused-ring (bicyclic) bond motifs is 1. The number of rotatable bonds is 4. The predicted octanol–water partition coefficient (Wildman–Crippen LogP) is 1.76. The molecule has 2 aliphatic rings. The summed E-state index contributed by atoms with van der Waals surface area (Å²) in [7, 11) is 5.34. The maximum absolute atomic E-state index is 12.4. The van der Waals surface area contributed by atoms with Gasteiger partial charge in [-0.15, -0.1) is 0 Å². The fourth-order valence-corrected chi connectivity index (χ4v) is 3.74. The summed E-state index contributed by atoms with van der Waals surface area (Å²) in [6.45, 7) is 2.47. The average molecular weight is 318 g/mol. The Kier molecular flexibility index (Phi) is 4.87. The van der Waals surface area contributed by atoms with Gasteiger partial charge in [-0.2, -0.15) is 0 Å². The van der Waals surface area contributed by atoms with Crippen molar-refractivity contribution in [2.45, 2.75) is 31.5 Å². The molecule has 0 radical (unpaired) electrons. The van der Waals surface area contributed by atoms with Crippen LogP contribution in [0.4, 0.5) is 0 Å². The number of hydrogen-bond donors (Lipinski definition) is 0. The smallest absolute Gasteiger partial charge is 0.226 e. The lowest BCUT2D eigenvalue weighted by Crippen LogP contribution is -2.52. The summed E-state index contributed by atoms with van der Waals surface area (Å²) in [6, 6.07) is 8.61. The van der Waals surface area contributed by atoms with E-state index in [0.29, 0.717) is 6.04 Å². The third-order valence-corrected chi connectivity index (χ3v) is 4.95. The summed E-state index contributed by atoms with van der Waals surface area (Å²) >= 11 is 0. The quantitative estimate of drug-likeness (QED) is 0.848. The summed E-state index contributed by atoms with van der Waals surface area (Å²) in [5, 5.41) is 0. The Labute approximate surface area is 138 Å². The van der Waals surface area contributed by atoms with Gasteiger partial charge >= 0.3 is 0 Å². The van der Waals surface area contributed by atoms with Gasteiger partial charge in [-0.3, -0.25) is 9.69 Å². The molecule has 0 bridgehead atoms. The van der Waals surface area contributed by atoms with Crippen LogP contribution in [0.2, 0.25) is 0 Å². The number of likely N-dealkylation sites (tertiary alicyclic amines) is 1. The molecule has 5 nitrogen and oxygen atoms in total. The molecule has 3 rings (SSSR count). The highest BCUT2D eigenvalue weighted by molar-refractivity contribution is 5.78. The van der Waals surface area contributed by atoms with Crippen molar-refractivity contribution in [2.24, 2.45) is 5.92 Å². The van der Waals surface area contributed by atoms with Gasteiger partial charge in [0.2, 0.25) is 5.91 Å². The standard InChI is InChI=1S/C18H26N2O3/c1-19(2)18(21)14-10-17-16(8-9-23-17)20(12-14)11-13-4-6-15(22-3)7-5-13/h4-7,14,16-17H,8-12H2,1-3H3/t14-,16+,17+/m0/s1. The summed E-state index contributed by atoms with van der Waals surface area (Å²) in [5.41, 5.74) is 1.24. The van der Waals surface area contributed by atoms with Crippen LogP contribution in [0.25, 0.3) is 0 Å². The zero-order valence-corrected chi connectivity index (χ0v) is 14.2. The van der Waals surface area contributed by atoms with Gasteiger partial charge in [-0.05, 0) is 30.5 Å². The molecule has 2 aliphatic heterocycles. The van der Waals surface area contributed by atoms with Crippen molar-refractivity contribution < 1.29 is 14.3 Å². The van der Waals surface area contributed by atoms with E-state index in [-0.39, 0.29) is 17.9 Å². The zero-order valence-electron chi connectivity index (χ0n) is 14.2. The van der Waals surface area contributed by atoms with Crippen molar-refractivity contribution >= 4 is 5.91 Å². The van der Waals surface area contributed by atoms with Gasteiger partial charge in [0.15, 0.2) is 0 Å². The first-order valence-electron chi connectivity index (χ1n) is 8.28. The number of carbonyl (C=O) groups excluding carboxylic acids is 1. The minimum Gasteiger partial charge on any atom is -0.497 e. The van der Waals surface area contributed by atoms with Crippen molar-refractivity contribution in [3.05, 3.63) is 29.8 Å². The Morgan fingerprint density at radius 3 is 2.74 bits per heavy atom. The first kappa shape index (κ1) is 16.3. The van der Waals surface area contributed by atoms with E-state index in [4.69, 9.17) is 9.47 Å². The summed E-state index contributed by atoms with van der Waals surface area (Å²) < 4.78 is 11.1. The molecular formula is C18H26N2O3. The van der Waals surface area contributed by atoms with Gasteiger partial charge < -0.3 is 14.4 Å². The molecule has 5 heteroatoms. The van der Waals surface area contributed by atoms with E-state index in [9.17, 15) is 4.79 Å². The first-order valence-corrected chi connectivity index (χ1v) is 8.28. The lowest BCUT2D eigenvalue weighted by atomic mass is 9.89. The molecule has 0 spiro atoms. The molecular weight excluding hydrogens is 292 g/mol. The largest absolute Gasteiger partial charge is 0.497 e. The molecule has 0 saturated carbocycles. The second-order valence-corrected chi connectivity index (χ2v) is 6.71. The molecule has 1 amide bonds. The van der Waals surface area contributed by atoms with E-state index >= 15 is 0 Å². The molecule has 1 aromatic rings. The summed E-state index contributed by atoms with van der Waals surface area (Å²) in [4.78, 5) is 16.5. The summed E-state index contributed by atoms with van der Waals surface area (Å²) in [6.07, 6.45) is 2.10. The van der Waals surface area contributed by atoms with Crippen molar-refractivity contribution in [3.63, 3.8) is 0 Å². The van der Waals surface area contributed by atoms with Gasteiger partial charge in [-0.25, -0.2) is 0 Å². The van der Waals surface area contributed by atoms with E-state index in [1.165, 1.54) is 5.56 Å². The highest BCUT2D eigenvalue weighted by atomic mass is 16.5. The fourth-order valence-electron chi connectivity index (χ4n) is 3.74. The molecule has 2 saturated heterocycles. The monoisotopic (exact) mass is 318 g/mol. The van der Waals surface area contributed by atoms with Crippen LogP contribution in [-0.2, 0) is 16.1 Å². The van der Waals surface area contributed by atoms with Gasteiger partial charge in [0.1, 0.15) is 5.75 Å². The van der Waals surface area contributed by atoms with Crippen LogP contribution in [0.3, 0.4) is 0 Å². The maximum atomic E-state index is 12.4. The third kappa shape index (κ3) is 3.51. The van der Waals surface area contributed by atoms with Crippen LogP contribution >= 0.6 is 0 Å². The van der Waals surface area contributed by atoms with Crippen LogP contribution in [-0.4, -0.2) is 62.2 Å². The molecule has 0 N–H and O–H groups in total. The fraction of sp³-hybridized carbons (Fsp3) is 0.611. The van der Waals surface area contributed by atoms with E-state index in [1.54, 1.807) is 12.0 Å². The number of carbonyl (C=O) groups is 1. The third-order valence-electron chi connectivity index (χ3n) is 4.95. The Hall–Kier alpha value is -1.59. The van der Waals surface area contributed by atoms with E-state index in [0.717, 1.165) is 38.3 Å². The van der Waals surface area contributed by atoms with Gasteiger partial charge in [0.05, 0.1) is 19.1 Å². The second-order valence-electron chi connectivity index (χ2n) is 6.71. The Bertz CT molecular complexity index is 544. The van der Waals surface area contributed by atoms with Gasteiger partial charge in [-0.1, -0.05) is 12.1 Å². The van der Waals surface area contributed by atoms with Gasteiger partial charge in [0, 0.05) is 39.8 Å². The topological polar surface area (TPSA) is 42.0 Å². The van der Waals surface area contributed by atoms with E-state index < -0.39 is 0 Å². The van der Waals surface area contributed by atoms with E-state index in [2.05, 4.69) is 17.0 Å². The predicted molar refractivity (Wildman–Crippen MR) is 88.4 cm³/mol. The van der Waals surface area contributed by atoms with Crippen molar-refractivity contribution in [3.8, 4) is 5.75 Å².